The summed E-state index contributed by atoms with van der Waals surface area (Å²) in [5.74, 6) is 0.983. The van der Waals surface area contributed by atoms with E-state index >= 15 is 0 Å². The normalized spacial score (nSPS) is 12.0. The van der Waals surface area contributed by atoms with Gasteiger partial charge in [0, 0.05) is 12.3 Å². The van der Waals surface area contributed by atoms with Crippen molar-refractivity contribution in [1.82, 2.24) is 0 Å². The molecule has 1 atom stereocenters. The molecule has 0 amide bonds. The predicted molar refractivity (Wildman–Crippen MR) is 85.5 cm³/mol. The van der Waals surface area contributed by atoms with E-state index in [4.69, 9.17) is 10.00 Å². The Morgan fingerprint density at radius 3 is 1.95 bits per heavy atom. The van der Waals surface area contributed by atoms with Crippen LogP contribution in [0.2, 0.25) is 0 Å². The number of ether oxygens (including phenoxy) is 1. The number of benzene rings is 2. The molecule has 0 N–H and O–H groups in total. The highest BCUT2D eigenvalue weighted by molar-refractivity contribution is 5.37. The van der Waals surface area contributed by atoms with Crippen LogP contribution in [0.1, 0.15) is 42.9 Å². The maximum atomic E-state index is 9.11. The lowest BCUT2D eigenvalue weighted by Crippen LogP contribution is -2.06. The molecule has 0 heterocycles. The van der Waals surface area contributed by atoms with Gasteiger partial charge in [-0.15, -0.1) is 0 Å². The predicted octanol–water partition coefficient (Wildman–Crippen LogP) is 4.83. The van der Waals surface area contributed by atoms with E-state index < -0.39 is 0 Å². The Morgan fingerprint density at radius 1 is 0.952 bits per heavy atom. The maximum Gasteiger partial charge on any atom is 0.119 e. The van der Waals surface area contributed by atoms with Gasteiger partial charge in [0.2, 0.25) is 0 Å². The van der Waals surface area contributed by atoms with E-state index in [1.807, 2.05) is 26.0 Å². The Morgan fingerprint density at radius 2 is 1.48 bits per heavy atom. The van der Waals surface area contributed by atoms with Crippen molar-refractivity contribution in [2.45, 2.75) is 39.2 Å². The second-order valence-electron chi connectivity index (χ2n) is 5.56. The van der Waals surface area contributed by atoms with Crippen LogP contribution in [-0.2, 0) is 0 Å². The number of hydrogen-bond donors (Lipinski definition) is 0. The van der Waals surface area contributed by atoms with Gasteiger partial charge in [0.15, 0.2) is 0 Å². The fourth-order valence-electron chi connectivity index (χ4n) is 2.37. The van der Waals surface area contributed by atoms with E-state index in [9.17, 15) is 0 Å². The van der Waals surface area contributed by atoms with Crippen LogP contribution in [0, 0.1) is 18.3 Å². The molecule has 0 saturated heterocycles. The number of hydrogen-bond acceptors (Lipinski definition) is 2. The molecule has 0 aliphatic carbocycles. The summed E-state index contributed by atoms with van der Waals surface area (Å²) < 4.78 is 5.67. The van der Waals surface area contributed by atoms with Crippen LogP contribution in [0.5, 0.6) is 5.75 Å². The van der Waals surface area contributed by atoms with Gasteiger partial charge in [-0.25, -0.2) is 0 Å². The van der Waals surface area contributed by atoms with Crippen molar-refractivity contribution in [2.75, 3.05) is 0 Å². The molecule has 108 valence electrons. The van der Waals surface area contributed by atoms with Crippen LogP contribution in [0.15, 0.2) is 48.5 Å². The molecule has 0 aromatic heterocycles. The quantitative estimate of drug-likeness (QED) is 0.785. The lowest BCUT2D eigenvalue weighted by Gasteiger charge is -2.16. The van der Waals surface area contributed by atoms with Gasteiger partial charge < -0.3 is 4.74 Å². The van der Waals surface area contributed by atoms with Crippen molar-refractivity contribution in [3.05, 3.63) is 65.2 Å². The summed E-state index contributed by atoms with van der Waals surface area (Å²) in [4.78, 5) is 0. The van der Waals surface area contributed by atoms with Gasteiger partial charge in [-0.3, -0.25) is 0 Å². The fraction of sp³-hybridized carbons (Fsp3) is 0.316. The summed E-state index contributed by atoms with van der Waals surface area (Å²) in [6.45, 7) is 6.10. The molecule has 2 aromatic carbocycles. The number of rotatable bonds is 5. The van der Waals surface area contributed by atoms with E-state index in [0.717, 1.165) is 11.3 Å². The largest absolute Gasteiger partial charge is 0.491 e. The van der Waals surface area contributed by atoms with Gasteiger partial charge in [-0.2, -0.15) is 5.26 Å². The van der Waals surface area contributed by atoms with Crippen LogP contribution in [0.25, 0.3) is 0 Å². The van der Waals surface area contributed by atoms with E-state index in [0.29, 0.717) is 6.42 Å². The Bertz CT molecular complexity index is 606. The lowest BCUT2D eigenvalue weighted by atomic mass is 9.88. The average molecular weight is 279 g/mol. The minimum absolute atomic E-state index is 0.115. The van der Waals surface area contributed by atoms with Crippen LogP contribution in [-0.4, -0.2) is 6.10 Å². The van der Waals surface area contributed by atoms with Gasteiger partial charge >= 0.3 is 0 Å². The summed E-state index contributed by atoms with van der Waals surface area (Å²) >= 11 is 0. The Kier molecular flexibility index (Phi) is 5.00. The zero-order chi connectivity index (χ0) is 15.2. The second-order valence-corrected chi connectivity index (χ2v) is 5.56. The van der Waals surface area contributed by atoms with Gasteiger partial charge in [0.25, 0.3) is 0 Å². The molecule has 0 saturated carbocycles. The zero-order valence-electron chi connectivity index (χ0n) is 12.8. The summed E-state index contributed by atoms with van der Waals surface area (Å²) in [7, 11) is 0. The Labute approximate surface area is 127 Å². The minimum Gasteiger partial charge on any atom is -0.491 e. The molecule has 0 fully saturated rings. The van der Waals surface area contributed by atoms with Crippen molar-refractivity contribution in [1.29, 1.82) is 5.26 Å². The molecule has 0 bridgehead atoms. The van der Waals surface area contributed by atoms with E-state index in [-0.39, 0.29) is 12.0 Å². The topological polar surface area (TPSA) is 33.0 Å². The van der Waals surface area contributed by atoms with Crippen LogP contribution >= 0.6 is 0 Å². The minimum atomic E-state index is 0.115. The van der Waals surface area contributed by atoms with Gasteiger partial charge in [-0.05, 0) is 44.0 Å². The third-order valence-corrected chi connectivity index (χ3v) is 3.43. The smallest absolute Gasteiger partial charge is 0.119 e. The first-order chi connectivity index (χ1) is 10.1. The molecule has 2 nitrogen and oxygen atoms in total. The van der Waals surface area contributed by atoms with Crippen LogP contribution in [0.4, 0.5) is 0 Å². The number of nitrogens with zero attached hydrogens (tertiary/aromatic N) is 1. The summed E-state index contributed by atoms with van der Waals surface area (Å²) in [5, 5.41) is 9.11. The standard InChI is InChI=1S/C19H21NO/c1-14(2)21-18-10-8-17(9-11-18)19(12-13-20)16-6-4-15(3)5-7-16/h4-11,14,19H,12H2,1-3H3. The van der Waals surface area contributed by atoms with Crippen molar-refractivity contribution >= 4 is 0 Å². The summed E-state index contributed by atoms with van der Waals surface area (Å²) in [6, 6.07) is 18.8. The highest BCUT2D eigenvalue weighted by Crippen LogP contribution is 2.29. The van der Waals surface area contributed by atoms with Gasteiger partial charge in [0.05, 0.1) is 12.2 Å². The lowest BCUT2D eigenvalue weighted by molar-refractivity contribution is 0.242. The third kappa shape index (κ3) is 4.10. The van der Waals surface area contributed by atoms with Crippen LogP contribution in [0.3, 0.4) is 0 Å². The molecule has 1 unspecified atom stereocenters. The number of nitriles is 1. The van der Waals surface area contributed by atoms with E-state index in [2.05, 4.69) is 49.4 Å². The second kappa shape index (κ2) is 6.95. The molecule has 0 aliphatic heterocycles. The molecule has 21 heavy (non-hydrogen) atoms. The average Bonchev–Trinajstić information content (AvgIpc) is 2.46. The monoisotopic (exact) mass is 279 g/mol. The maximum absolute atomic E-state index is 9.11. The zero-order valence-corrected chi connectivity index (χ0v) is 12.8. The molecule has 0 radical (unpaired) electrons. The van der Waals surface area contributed by atoms with Crippen molar-refractivity contribution in [3.63, 3.8) is 0 Å². The highest BCUT2D eigenvalue weighted by Gasteiger charge is 2.14. The van der Waals surface area contributed by atoms with Crippen molar-refractivity contribution in [2.24, 2.45) is 0 Å². The SMILES string of the molecule is Cc1ccc(C(CC#N)c2ccc(OC(C)C)cc2)cc1. The van der Waals surface area contributed by atoms with E-state index in [1.165, 1.54) is 11.1 Å². The molecule has 2 heteroatoms. The molecular formula is C19H21NO. The molecule has 0 spiro atoms. The summed E-state index contributed by atoms with van der Waals surface area (Å²) in [5.41, 5.74) is 3.56. The molecular weight excluding hydrogens is 258 g/mol. The Hall–Kier alpha value is -2.27. The van der Waals surface area contributed by atoms with Gasteiger partial charge in [-0.1, -0.05) is 42.0 Å². The highest BCUT2D eigenvalue weighted by atomic mass is 16.5. The van der Waals surface area contributed by atoms with Crippen molar-refractivity contribution in [3.8, 4) is 11.8 Å². The fourth-order valence-corrected chi connectivity index (χ4v) is 2.37. The van der Waals surface area contributed by atoms with E-state index in [1.54, 1.807) is 0 Å². The summed E-state index contributed by atoms with van der Waals surface area (Å²) in [6.07, 6.45) is 0.649. The first-order valence-corrected chi connectivity index (χ1v) is 7.30. The van der Waals surface area contributed by atoms with Crippen molar-refractivity contribution < 1.29 is 4.74 Å². The molecule has 2 rings (SSSR count). The molecule has 2 aromatic rings. The first kappa shape index (κ1) is 15.1. The third-order valence-electron chi connectivity index (χ3n) is 3.43. The first-order valence-electron chi connectivity index (χ1n) is 7.30. The Balaban J connectivity index is 2.26. The molecule has 0 aliphatic rings. The van der Waals surface area contributed by atoms with Gasteiger partial charge in [0.1, 0.15) is 5.75 Å². The number of aryl methyl sites for hydroxylation is 1. The van der Waals surface area contributed by atoms with Crippen LogP contribution < -0.4 is 4.74 Å².